The molecule has 1 aromatic rings. The van der Waals surface area contributed by atoms with Gasteiger partial charge in [-0.1, -0.05) is 13.8 Å². The predicted molar refractivity (Wildman–Crippen MR) is 56.2 cm³/mol. The minimum atomic E-state index is 0.374. The molecule has 0 unspecified atom stereocenters. The van der Waals surface area contributed by atoms with Gasteiger partial charge in [0, 0.05) is 6.07 Å². The van der Waals surface area contributed by atoms with Crippen molar-refractivity contribution in [1.29, 1.82) is 0 Å². The van der Waals surface area contributed by atoms with Crippen LogP contribution in [0.2, 0.25) is 0 Å². The molecular weight excluding hydrogens is 178 g/mol. The molecule has 0 bridgehead atoms. The summed E-state index contributed by atoms with van der Waals surface area (Å²) in [6.07, 6.45) is 0. The molecule has 3 nitrogen and oxygen atoms in total. The SMILES string of the molecule is COc1cc(C(C)C)nc(OC)c1C. The second-order valence-corrected chi connectivity index (χ2v) is 3.54. The van der Waals surface area contributed by atoms with E-state index in [9.17, 15) is 0 Å². The molecule has 0 fully saturated rings. The second-order valence-electron chi connectivity index (χ2n) is 3.54. The lowest BCUT2D eigenvalue weighted by Gasteiger charge is -2.12. The summed E-state index contributed by atoms with van der Waals surface area (Å²) < 4.78 is 10.4. The Hall–Kier alpha value is -1.25. The van der Waals surface area contributed by atoms with E-state index in [1.54, 1.807) is 14.2 Å². The van der Waals surface area contributed by atoms with Crippen molar-refractivity contribution in [1.82, 2.24) is 4.98 Å². The number of hydrogen-bond acceptors (Lipinski definition) is 3. The smallest absolute Gasteiger partial charge is 0.219 e. The molecule has 1 rings (SSSR count). The number of ether oxygens (including phenoxy) is 2. The molecule has 0 spiro atoms. The molecule has 0 atom stereocenters. The Kier molecular flexibility index (Phi) is 3.33. The van der Waals surface area contributed by atoms with Gasteiger partial charge in [0.15, 0.2) is 0 Å². The van der Waals surface area contributed by atoms with E-state index in [1.807, 2.05) is 13.0 Å². The molecule has 1 aromatic heterocycles. The highest BCUT2D eigenvalue weighted by Crippen LogP contribution is 2.28. The predicted octanol–water partition coefficient (Wildman–Crippen LogP) is 2.53. The largest absolute Gasteiger partial charge is 0.496 e. The number of methoxy groups -OCH3 is 2. The van der Waals surface area contributed by atoms with E-state index in [0.717, 1.165) is 17.0 Å². The van der Waals surface area contributed by atoms with Crippen LogP contribution in [0.4, 0.5) is 0 Å². The molecule has 0 N–H and O–H groups in total. The van der Waals surface area contributed by atoms with Gasteiger partial charge in [-0.3, -0.25) is 0 Å². The Labute approximate surface area is 85.1 Å². The molecule has 1 heterocycles. The minimum Gasteiger partial charge on any atom is -0.496 e. The molecule has 0 aliphatic heterocycles. The first kappa shape index (κ1) is 10.8. The first-order valence-electron chi connectivity index (χ1n) is 4.69. The van der Waals surface area contributed by atoms with Crippen LogP contribution >= 0.6 is 0 Å². The highest BCUT2D eigenvalue weighted by Gasteiger charge is 2.11. The summed E-state index contributed by atoms with van der Waals surface area (Å²) in [5.41, 5.74) is 1.93. The quantitative estimate of drug-likeness (QED) is 0.742. The molecule has 14 heavy (non-hydrogen) atoms. The summed E-state index contributed by atoms with van der Waals surface area (Å²) in [4.78, 5) is 4.40. The van der Waals surface area contributed by atoms with Gasteiger partial charge in [0.05, 0.1) is 25.5 Å². The fraction of sp³-hybridized carbons (Fsp3) is 0.545. The van der Waals surface area contributed by atoms with Gasteiger partial charge < -0.3 is 9.47 Å². The third kappa shape index (κ3) is 1.97. The average Bonchev–Trinajstić information content (AvgIpc) is 2.17. The van der Waals surface area contributed by atoms with Gasteiger partial charge in [-0.2, -0.15) is 0 Å². The number of nitrogens with zero attached hydrogens (tertiary/aromatic N) is 1. The zero-order chi connectivity index (χ0) is 10.7. The monoisotopic (exact) mass is 195 g/mol. The average molecular weight is 195 g/mol. The lowest BCUT2D eigenvalue weighted by molar-refractivity contribution is 0.374. The Bertz CT molecular complexity index is 296. The van der Waals surface area contributed by atoms with E-state index >= 15 is 0 Å². The summed E-state index contributed by atoms with van der Waals surface area (Å²) in [6.45, 7) is 6.13. The second kappa shape index (κ2) is 4.31. The maximum atomic E-state index is 5.26. The van der Waals surface area contributed by atoms with Gasteiger partial charge in [-0.05, 0) is 12.8 Å². The van der Waals surface area contributed by atoms with Gasteiger partial charge in [-0.25, -0.2) is 4.98 Å². The molecule has 0 radical (unpaired) electrons. The van der Waals surface area contributed by atoms with E-state index in [2.05, 4.69) is 18.8 Å². The Morgan fingerprint density at radius 3 is 2.29 bits per heavy atom. The molecular formula is C11H17NO2. The maximum Gasteiger partial charge on any atom is 0.219 e. The van der Waals surface area contributed by atoms with Gasteiger partial charge >= 0.3 is 0 Å². The Balaban J connectivity index is 3.25. The first-order valence-corrected chi connectivity index (χ1v) is 4.69. The van der Waals surface area contributed by atoms with Crippen molar-refractivity contribution in [2.24, 2.45) is 0 Å². The third-order valence-corrected chi connectivity index (χ3v) is 2.20. The molecule has 0 saturated carbocycles. The summed E-state index contributed by atoms with van der Waals surface area (Å²) in [6, 6.07) is 1.96. The molecule has 0 aromatic carbocycles. The van der Waals surface area contributed by atoms with Crippen LogP contribution < -0.4 is 9.47 Å². The van der Waals surface area contributed by atoms with Crippen molar-refractivity contribution in [2.45, 2.75) is 26.7 Å². The van der Waals surface area contributed by atoms with Gasteiger partial charge in [-0.15, -0.1) is 0 Å². The zero-order valence-corrected chi connectivity index (χ0v) is 9.42. The minimum absolute atomic E-state index is 0.374. The summed E-state index contributed by atoms with van der Waals surface area (Å²) in [5.74, 6) is 1.85. The maximum absolute atomic E-state index is 5.26. The van der Waals surface area contributed by atoms with Crippen molar-refractivity contribution < 1.29 is 9.47 Å². The van der Waals surface area contributed by atoms with Crippen LogP contribution in [0.3, 0.4) is 0 Å². The fourth-order valence-electron chi connectivity index (χ4n) is 1.29. The molecule has 3 heteroatoms. The third-order valence-electron chi connectivity index (χ3n) is 2.20. The van der Waals surface area contributed by atoms with E-state index in [-0.39, 0.29) is 0 Å². The lowest BCUT2D eigenvalue weighted by atomic mass is 10.1. The molecule has 78 valence electrons. The van der Waals surface area contributed by atoms with Crippen LogP contribution in [0.15, 0.2) is 6.07 Å². The number of pyridine rings is 1. The fourth-order valence-corrected chi connectivity index (χ4v) is 1.29. The number of rotatable bonds is 3. The number of aromatic nitrogens is 1. The topological polar surface area (TPSA) is 31.4 Å². The Morgan fingerprint density at radius 2 is 1.86 bits per heavy atom. The summed E-state index contributed by atoms with van der Waals surface area (Å²) in [5, 5.41) is 0. The van der Waals surface area contributed by atoms with Crippen LogP contribution in [0.1, 0.15) is 31.0 Å². The van der Waals surface area contributed by atoms with Gasteiger partial charge in [0.25, 0.3) is 0 Å². The zero-order valence-electron chi connectivity index (χ0n) is 9.42. The van der Waals surface area contributed by atoms with Crippen molar-refractivity contribution in [3.8, 4) is 11.6 Å². The standard InChI is InChI=1S/C11H17NO2/c1-7(2)9-6-10(13-4)8(3)11(12-9)14-5/h6-7H,1-5H3. The van der Waals surface area contributed by atoms with Crippen molar-refractivity contribution in [3.63, 3.8) is 0 Å². The lowest BCUT2D eigenvalue weighted by Crippen LogP contribution is -2.00. The van der Waals surface area contributed by atoms with Gasteiger partial charge in [0.1, 0.15) is 5.75 Å². The molecule has 0 amide bonds. The molecule has 0 aliphatic carbocycles. The van der Waals surface area contributed by atoms with Crippen LogP contribution in [-0.4, -0.2) is 19.2 Å². The highest BCUT2D eigenvalue weighted by molar-refractivity contribution is 5.41. The van der Waals surface area contributed by atoms with Crippen molar-refractivity contribution >= 4 is 0 Å². The first-order chi connectivity index (χ1) is 6.60. The Morgan fingerprint density at radius 1 is 1.21 bits per heavy atom. The van der Waals surface area contributed by atoms with Crippen LogP contribution in [0.25, 0.3) is 0 Å². The van der Waals surface area contributed by atoms with Crippen LogP contribution in [0, 0.1) is 6.92 Å². The summed E-state index contributed by atoms with van der Waals surface area (Å²) in [7, 11) is 3.28. The summed E-state index contributed by atoms with van der Waals surface area (Å²) >= 11 is 0. The van der Waals surface area contributed by atoms with E-state index < -0.39 is 0 Å². The molecule has 0 saturated heterocycles. The van der Waals surface area contributed by atoms with Crippen molar-refractivity contribution in [2.75, 3.05) is 14.2 Å². The van der Waals surface area contributed by atoms with Crippen molar-refractivity contribution in [3.05, 3.63) is 17.3 Å². The van der Waals surface area contributed by atoms with E-state index in [0.29, 0.717) is 11.8 Å². The van der Waals surface area contributed by atoms with Gasteiger partial charge in [0.2, 0.25) is 5.88 Å². The highest BCUT2D eigenvalue weighted by atomic mass is 16.5. The van der Waals surface area contributed by atoms with Crippen LogP contribution in [0.5, 0.6) is 11.6 Å². The van der Waals surface area contributed by atoms with E-state index in [4.69, 9.17) is 9.47 Å². The van der Waals surface area contributed by atoms with E-state index in [1.165, 1.54) is 0 Å². The number of hydrogen-bond donors (Lipinski definition) is 0. The van der Waals surface area contributed by atoms with Crippen LogP contribution in [-0.2, 0) is 0 Å². The molecule has 0 aliphatic rings. The normalized spacial score (nSPS) is 10.4.